The van der Waals surface area contributed by atoms with E-state index >= 15 is 0 Å². The molecule has 2 aromatic carbocycles. The molecule has 4 aromatic rings. The summed E-state index contributed by atoms with van der Waals surface area (Å²) in [6.45, 7) is 4.44. The van der Waals surface area contributed by atoms with Gasteiger partial charge in [-0.15, -0.1) is 10.2 Å². The minimum atomic E-state index is -0.0669. The molecule has 0 saturated carbocycles. The molecule has 3 unspecified atom stereocenters. The van der Waals surface area contributed by atoms with Gasteiger partial charge < -0.3 is 9.88 Å². The highest BCUT2D eigenvalue weighted by Crippen LogP contribution is 2.48. The number of anilines is 1. The quantitative estimate of drug-likeness (QED) is 0.454. The van der Waals surface area contributed by atoms with Crippen LogP contribution in [0.15, 0.2) is 73.1 Å². The van der Waals surface area contributed by atoms with E-state index in [-0.39, 0.29) is 18.0 Å². The Balaban J connectivity index is 1.43. The van der Waals surface area contributed by atoms with Gasteiger partial charge in [0.1, 0.15) is 0 Å². The summed E-state index contributed by atoms with van der Waals surface area (Å²) in [5.74, 6) is 1.86. The zero-order chi connectivity index (χ0) is 23.9. The normalized spacial score (nSPS) is 19.8. The fourth-order valence-electron chi connectivity index (χ4n) is 5.75. The van der Waals surface area contributed by atoms with Crippen molar-refractivity contribution in [2.45, 2.75) is 51.4 Å². The molecule has 0 spiro atoms. The predicted octanol–water partition coefficient (Wildman–Crippen LogP) is 4.92. The molecule has 2 aliphatic rings. The van der Waals surface area contributed by atoms with Gasteiger partial charge in [0.15, 0.2) is 11.6 Å². The minimum absolute atomic E-state index is 0.0527. The molecular weight excluding hydrogens is 436 g/mol. The summed E-state index contributed by atoms with van der Waals surface area (Å²) in [6, 6.07) is 21.5. The molecule has 176 valence electrons. The largest absolute Gasteiger partial charge is 0.326 e. The molecule has 35 heavy (non-hydrogen) atoms. The van der Waals surface area contributed by atoms with Gasteiger partial charge in [-0.3, -0.25) is 14.7 Å². The van der Waals surface area contributed by atoms with Gasteiger partial charge in [-0.1, -0.05) is 42.5 Å². The Hall–Kier alpha value is -3.84. The monoisotopic (exact) mass is 464 g/mol. The molecule has 1 fully saturated rings. The Morgan fingerprint density at radius 1 is 1.00 bits per heavy atom. The van der Waals surface area contributed by atoms with Gasteiger partial charge in [0, 0.05) is 43.2 Å². The van der Waals surface area contributed by atoms with Crippen LogP contribution in [0.3, 0.4) is 0 Å². The van der Waals surface area contributed by atoms with Crippen molar-refractivity contribution >= 4 is 11.6 Å². The van der Waals surface area contributed by atoms with Gasteiger partial charge in [-0.2, -0.15) is 0 Å². The molecule has 1 amide bonds. The summed E-state index contributed by atoms with van der Waals surface area (Å²) in [5, 5.41) is 12.3. The first-order valence-electron chi connectivity index (χ1n) is 12.1. The average molecular weight is 465 g/mol. The molecule has 7 nitrogen and oxygen atoms in total. The fourth-order valence-corrected chi connectivity index (χ4v) is 5.75. The summed E-state index contributed by atoms with van der Waals surface area (Å²) in [6.07, 6.45) is 5.89. The molecule has 0 aliphatic carbocycles. The van der Waals surface area contributed by atoms with Gasteiger partial charge in [0.25, 0.3) is 0 Å². The summed E-state index contributed by atoms with van der Waals surface area (Å²) in [4.78, 5) is 18.7. The number of nitrogens with zero attached hydrogens (tertiary/aromatic N) is 5. The molecule has 4 heterocycles. The topological polar surface area (TPSA) is 75.9 Å². The molecule has 2 aromatic heterocycles. The number of aryl methyl sites for hydroxylation is 1. The zero-order valence-corrected chi connectivity index (χ0v) is 19.9. The van der Waals surface area contributed by atoms with Crippen LogP contribution < -0.4 is 5.32 Å². The van der Waals surface area contributed by atoms with E-state index in [1.807, 2.05) is 24.5 Å². The van der Waals surface area contributed by atoms with Crippen molar-refractivity contribution in [3.05, 3.63) is 95.6 Å². The molecular formula is C28H28N6O. The molecule has 1 saturated heterocycles. The van der Waals surface area contributed by atoms with Crippen molar-refractivity contribution in [3.8, 4) is 11.4 Å². The first-order chi connectivity index (χ1) is 17.1. The van der Waals surface area contributed by atoms with Crippen LogP contribution in [0.5, 0.6) is 0 Å². The molecule has 6 rings (SSSR count). The van der Waals surface area contributed by atoms with Crippen LogP contribution in [-0.2, 0) is 11.3 Å². The van der Waals surface area contributed by atoms with Gasteiger partial charge >= 0.3 is 0 Å². The number of nitrogens with one attached hydrogen (secondary N) is 1. The Labute approximate surface area is 204 Å². The van der Waals surface area contributed by atoms with E-state index in [0.717, 1.165) is 53.4 Å². The third-order valence-electron chi connectivity index (χ3n) is 7.09. The summed E-state index contributed by atoms with van der Waals surface area (Å²) < 4.78 is 2.30. The molecule has 3 atom stereocenters. The van der Waals surface area contributed by atoms with Crippen LogP contribution in [0, 0.1) is 6.92 Å². The summed E-state index contributed by atoms with van der Waals surface area (Å²) in [5.41, 5.74) is 5.34. The Kier molecular flexibility index (Phi) is 5.41. The number of benzene rings is 2. The van der Waals surface area contributed by atoms with Gasteiger partial charge in [-0.05, 0) is 54.7 Å². The molecule has 2 bridgehead atoms. The molecule has 2 aliphatic heterocycles. The number of hydrogen-bond acceptors (Lipinski definition) is 5. The highest BCUT2D eigenvalue weighted by atomic mass is 16.1. The van der Waals surface area contributed by atoms with Crippen molar-refractivity contribution in [1.29, 1.82) is 0 Å². The SMILES string of the molecule is CC(=O)Nc1cccc(C(c2ccccc2)N2C3CCC2c2nnc(-c4cncc(C)c4)n2C3)c1. The zero-order valence-electron chi connectivity index (χ0n) is 19.9. The van der Waals surface area contributed by atoms with Gasteiger partial charge in [0.05, 0.1) is 12.1 Å². The maximum Gasteiger partial charge on any atom is 0.221 e. The average Bonchev–Trinajstić information content (AvgIpc) is 3.40. The van der Waals surface area contributed by atoms with Crippen molar-refractivity contribution < 1.29 is 4.79 Å². The minimum Gasteiger partial charge on any atom is -0.326 e. The fraction of sp³-hybridized carbons (Fsp3) is 0.286. The van der Waals surface area contributed by atoms with Crippen molar-refractivity contribution in [2.75, 3.05) is 5.32 Å². The summed E-state index contributed by atoms with van der Waals surface area (Å²) in [7, 11) is 0. The van der Waals surface area contributed by atoms with Gasteiger partial charge in [-0.25, -0.2) is 0 Å². The molecule has 7 heteroatoms. The number of carbonyl (C=O) groups excluding carboxylic acids is 1. The summed E-state index contributed by atoms with van der Waals surface area (Å²) >= 11 is 0. The smallest absolute Gasteiger partial charge is 0.221 e. The van der Waals surface area contributed by atoms with Crippen LogP contribution in [0.1, 0.15) is 54.4 Å². The second kappa shape index (κ2) is 8.74. The number of carbonyl (C=O) groups is 1. The van der Waals surface area contributed by atoms with E-state index in [2.05, 4.69) is 80.3 Å². The third-order valence-corrected chi connectivity index (χ3v) is 7.09. The highest BCUT2D eigenvalue weighted by molar-refractivity contribution is 5.88. The maximum absolute atomic E-state index is 11.7. The maximum atomic E-state index is 11.7. The van der Waals surface area contributed by atoms with Crippen LogP contribution in [0.25, 0.3) is 11.4 Å². The predicted molar refractivity (Wildman–Crippen MR) is 135 cm³/mol. The highest BCUT2D eigenvalue weighted by Gasteiger charge is 2.46. The second-order valence-electron chi connectivity index (χ2n) is 9.56. The lowest BCUT2D eigenvalue weighted by molar-refractivity contribution is -0.114. The van der Waals surface area contributed by atoms with E-state index in [4.69, 9.17) is 5.10 Å². The molecule has 1 N–H and O–H groups in total. The number of amides is 1. The lowest BCUT2D eigenvalue weighted by Gasteiger charge is -2.41. The van der Waals surface area contributed by atoms with E-state index in [1.54, 1.807) is 6.92 Å². The van der Waals surface area contributed by atoms with Crippen LogP contribution in [0.4, 0.5) is 5.69 Å². The van der Waals surface area contributed by atoms with Crippen LogP contribution >= 0.6 is 0 Å². The first-order valence-corrected chi connectivity index (χ1v) is 12.1. The second-order valence-corrected chi connectivity index (χ2v) is 9.56. The Bertz CT molecular complexity index is 1380. The van der Waals surface area contributed by atoms with E-state index in [0.29, 0.717) is 6.04 Å². The number of aromatic nitrogens is 4. The van der Waals surface area contributed by atoms with Gasteiger partial charge in [0.2, 0.25) is 5.91 Å². The Morgan fingerprint density at radius 3 is 2.63 bits per heavy atom. The number of hydrogen-bond donors (Lipinski definition) is 1. The standard InChI is InChI=1S/C28H28N6O/c1-18-13-22(16-29-15-18)27-31-32-28-25-12-11-24(17-33(27)28)34(25)26(20-7-4-3-5-8-20)21-9-6-10-23(14-21)30-19(2)35/h3-10,13-16,24-26H,11-12,17H2,1-2H3,(H,30,35). The van der Waals surface area contributed by atoms with Crippen LogP contribution in [-0.4, -0.2) is 36.6 Å². The number of pyridine rings is 1. The number of rotatable bonds is 5. The molecule has 0 radical (unpaired) electrons. The lowest BCUT2D eigenvalue weighted by Crippen LogP contribution is -2.43. The lowest BCUT2D eigenvalue weighted by atomic mass is 9.94. The van der Waals surface area contributed by atoms with Crippen molar-refractivity contribution in [2.24, 2.45) is 0 Å². The van der Waals surface area contributed by atoms with Crippen LogP contribution in [0.2, 0.25) is 0 Å². The van der Waals surface area contributed by atoms with E-state index < -0.39 is 0 Å². The first kappa shape index (κ1) is 21.7. The Morgan fingerprint density at radius 2 is 1.83 bits per heavy atom. The van der Waals surface area contributed by atoms with Crippen molar-refractivity contribution in [3.63, 3.8) is 0 Å². The van der Waals surface area contributed by atoms with Crippen molar-refractivity contribution in [1.82, 2.24) is 24.6 Å². The van der Waals surface area contributed by atoms with E-state index in [9.17, 15) is 4.79 Å². The number of fused-ring (bicyclic) bond motifs is 4. The third kappa shape index (κ3) is 3.91. The van der Waals surface area contributed by atoms with E-state index in [1.165, 1.54) is 5.56 Å².